The van der Waals surface area contributed by atoms with Crippen LogP contribution < -0.4 is 14.8 Å². The molecule has 4 heteroatoms. The molecule has 1 atom stereocenters. The van der Waals surface area contributed by atoms with E-state index >= 15 is 0 Å². The Kier molecular flexibility index (Phi) is 5.76. The summed E-state index contributed by atoms with van der Waals surface area (Å²) in [4.78, 5) is 0. The number of nitrogens with one attached hydrogen (secondary N) is 1. The van der Waals surface area contributed by atoms with Crippen LogP contribution in [-0.2, 0) is 6.54 Å². The van der Waals surface area contributed by atoms with Gasteiger partial charge in [0.15, 0.2) is 11.5 Å². The van der Waals surface area contributed by atoms with Gasteiger partial charge in [-0.25, -0.2) is 0 Å². The number of benzene rings is 1. The van der Waals surface area contributed by atoms with E-state index in [-0.39, 0.29) is 0 Å². The van der Waals surface area contributed by atoms with E-state index in [0.717, 1.165) is 40.3 Å². The lowest BCUT2D eigenvalue weighted by molar-refractivity contribution is -0.0706. The first kappa shape index (κ1) is 19.6. The maximum atomic E-state index is 5.84. The Bertz CT molecular complexity index is 639. The largest absolute Gasteiger partial charge is 0.490 e. The minimum atomic E-state index is 0.542. The second-order valence-corrected chi connectivity index (χ2v) is 10.0. The molecule has 1 aromatic carbocycles. The Morgan fingerprint density at radius 3 is 2.19 bits per heavy atom. The van der Waals surface area contributed by atoms with Gasteiger partial charge in [0, 0.05) is 12.6 Å². The average molecular weight is 436 g/mol. The van der Waals surface area contributed by atoms with E-state index in [2.05, 4.69) is 40.3 Å². The molecule has 0 aliphatic heterocycles. The Labute approximate surface area is 172 Å². The molecule has 4 saturated carbocycles. The highest BCUT2D eigenvalue weighted by atomic mass is 79.9. The lowest BCUT2D eigenvalue weighted by atomic mass is 9.48. The zero-order valence-corrected chi connectivity index (χ0v) is 18.6. The third kappa shape index (κ3) is 3.89. The molecule has 27 heavy (non-hydrogen) atoms. The van der Waals surface area contributed by atoms with E-state index in [4.69, 9.17) is 9.47 Å². The first-order valence-corrected chi connectivity index (χ1v) is 11.6. The van der Waals surface area contributed by atoms with Crippen molar-refractivity contribution in [2.24, 2.45) is 23.2 Å². The minimum Gasteiger partial charge on any atom is -0.490 e. The molecule has 1 aromatic rings. The highest BCUT2D eigenvalue weighted by Crippen LogP contribution is 2.61. The Morgan fingerprint density at radius 1 is 1.04 bits per heavy atom. The van der Waals surface area contributed by atoms with Gasteiger partial charge >= 0.3 is 0 Å². The number of ether oxygens (including phenoxy) is 2. The van der Waals surface area contributed by atoms with Gasteiger partial charge in [0.1, 0.15) is 0 Å². The molecule has 0 radical (unpaired) electrons. The highest BCUT2D eigenvalue weighted by molar-refractivity contribution is 9.10. The van der Waals surface area contributed by atoms with Gasteiger partial charge in [0.2, 0.25) is 0 Å². The fourth-order valence-electron chi connectivity index (χ4n) is 6.47. The van der Waals surface area contributed by atoms with Gasteiger partial charge in [0.05, 0.1) is 17.7 Å². The molecule has 4 fully saturated rings. The van der Waals surface area contributed by atoms with E-state index in [0.29, 0.717) is 24.7 Å². The van der Waals surface area contributed by atoms with Gasteiger partial charge in [-0.1, -0.05) is 0 Å². The molecule has 0 heterocycles. The summed E-state index contributed by atoms with van der Waals surface area (Å²) in [5, 5.41) is 3.89. The second-order valence-electron chi connectivity index (χ2n) is 9.15. The molecule has 4 aliphatic carbocycles. The maximum Gasteiger partial charge on any atom is 0.175 e. The zero-order valence-electron chi connectivity index (χ0n) is 17.0. The summed E-state index contributed by atoms with van der Waals surface area (Å²) in [5.74, 6) is 4.67. The van der Waals surface area contributed by atoms with Crippen LogP contribution in [0.2, 0.25) is 0 Å². The van der Waals surface area contributed by atoms with Crippen molar-refractivity contribution in [2.75, 3.05) is 13.2 Å². The summed E-state index contributed by atoms with van der Waals surface area (Å²) < 4.78 is 12.6. The summed E-state index contributed by atoms with van der Waals surface area (Å²) in [6.45, 7) is 8.62. The van der Waals surface area contributed by atoms with E-state index in [9.17, 15) is 0 Å². The average Bonchev–Trinajstić information content (AvgIpc) is 2.61. The SMILES string of the molecule is CCOc1cc(CNC(C)C23CC4CC(CC(C4)C2)C3)cc(Br)c1OCC. The Hall–Kier alpha value is -0.740. The maximum absolute atomic E-state index is 5.84. The van der Waals surface area contributed by atoms with Crippen molar-refractivity contribution in [1.82, 2.24) is 5.32 Å². The standard InChI is InChI=1S/C23H34BrNO2/c1-4-26-21-10-19(9-20(24)22(21)27-5-2)14-25-15(3)23-11-16-6-17(12-23)8-18(7-16)13-23/h9-10,15-18,25H,4-8,11-14H2,1-3H3. The van der Waals surface area contributed by atoms with Crippen LogP contribution in [0, 0.1) is 23.2 Å². The smallest absolute Gasteiger partial charge is 0.175 e. The van der Waals surface area contributed by atoms with E-state index in [1.54, 1.807) is 0 Å². The second kappa shape index (κ2) is 7.94. The lowest BCUT2D eigenvalue weighted by Gasteiger charge is -2.59. The van der Waals surface area contributed by atoms with E-state index in [1.165, 1.54) is 44.1 Å². The van der Waals surface area contributed by atoms with Crippen molar-refractivity contribution in [3.63, 3.8) is 0 Å². The lowest BCUT2D eigenvalue weighted by Crippen LogP contribution is -2.54. The molecule has 1 N–H and O–H groups in total. The monoisotopic (exact) mass is 435 g/mol. The van der Waals surface area contributed by atoms with Gasteiger partial charge in [-0.2, -0.15) is 0 Å². The predicted octanol–water partition coefficient (Wildman–Crippen LogP) is 5.94. The summed E-state index contributed by atoms with van der Waals surface area (Å²) in [6.07, 6.45) is 8.87. The van der Waals surface area contributed by atoms with Crippen molar-refractivity contribution in [2.45, 2.75) is 71.9 Å². The molecule has 0 saturated heterocycles. The van der Waals surface area contributed by atoms with Crippen LogP contribution in [0.5, 0.6) is 11.5 Å². The van der Waals surface area contributed by atoms with Gasteiger partial charge in [-0.3, -0.25) is 0 Å². The molecular weight excluding hydrogens is 402 g/mol. The molecule has 0 amide bonds. The third-order valence-corrected chi connectivity index (χ3v) is 7.86. The highest BCUT2D eigenvalue weighted by Gasteiger charge is 2.52. The van der Waals surface area contributed by atoms with Crippen molar-refractivity contribution in [3.8, 4) is 11.5 Å². The van der Waals surface area contributed by atoms with Crippen molar-refractivity contribution in [3.05, 3.63) is 22.2 Å². The predicted molar refractivity (Wildman–Crippen MR) is 113 cm³/mol. The zero-order chi connectivity index (χ0) is 19.0. The van der Waals surface area contributed by atoms with Gasteiger partial charge in [-0.15, -0.1) is 0 Å². The topological polar surface area (TPSA) is 30.5 Å². The molecule has 4 bridgehead atoms. The summed E-state index contributed by atoms with van der Waals surface area (Å²) >= 11 is 3.67. The Balaban J connectivity index is 1.45. The van der Waals surface area contributed by atoms with Crippen LogP contribution in [0.4, 0.5) is 0 Å². The van der Waals surface area contributed by atoms with Gasteiger partial charge in [-0.05, 0) is 116 Å². The molecule has 0 spiro atoms. The molecule has 0 aromatic heterocycles. The van der Waals surface area contributed by atoms with Crippen LogP contribution in [-0.4, -0.2) is 19.3 Å². The van der Waals surface area contributed by atoms with Crippen LogP contribution in [0.25, 0.3) is 0 Å². The number of hydrogen-bond donors (Lipinski definition) is 1. The Morgan fingerprint density at radius 2 is 1.63 bits per heavy atom. The van der Waals surface area contributed by atoms with Crippen LogP contribution in [0.15, 0.2) is 16.6 Å². The van der Waals surface area contributed by atoms with Crippen LogP contribution >= 0.6 is 15.9 Å². The molecule has 3 nitrogen and oxygen atoms in total. The fourth-order valence-corrected chi connectivity index (χ4v) is 7.07. The van der Waals surface area contributed by atoms with Crippen molar-refractivity contribution >= 4 is 15.9 Å². The van der Waals surface area contributed by atoms with Gasteiger partial charge < -0.3 is 14.8 Å². The molecule has 5 rings (SSSR count). The van der Waals surface area contributed by atoms with Crippen molar-refractivity contribution < 1.29 is 9.47 Å². The molecule has 4 aliphatic rings. The summed E-state index contributed by atoms with van der Waals surface area (Å²) in [6, 6.07) is 4.89. The normalized spacial score (nSPS) is 32.5. The minimum absolute atomic E-state index is 0.542. The molecular formula is C23H34BrNO2. The molecule has 150 valence electrons. The van der Waals surface area contributed by atoms with Gasteiger partial charge in [0.25, 0.3) is 0 Å². The molecule has 1 unspecified atom stereocenters. The number of rotatable bonds is 8. The van der Waals surface area contributed by atoms with Crippen molar-refractivity contribution in [1.29, 1.82) is 0 Å². The number of halogens is 1. The third-order valence-electron chi connectivity index (χ3n) is 7.27. The number of hydrogen-bond acceptors (Lipinski definition) is 3. The van der Waals surface area contributed by atoms with E-state index < -0.39 is 0 Å². The fraction of sp³-hybridized carbons (Fsp3) is 0.739. The summed E-state index contributed by atoms with van der Waals surface area (Å²) in [5.41, 5.74) is 1.80. The summed E-state index contributed by atoms with van der Waals surface area (Å²) in [7, 11) is 0. The first-order valence-electron chi connectivity index (χ1n) is 10.8. The van der Waals surface area contributed by atoms with Crippen LogP contribution in [0.1, 0.15) is 64.9 Å². The first-order chi connectivity index (χ1) is 13.0. The van der Waals surface area contributed by atoms with E-state index in [1.807, 2.05) is 13.8 Å². The quantitative estimate of drug-likeness (QED) is 0.547. The van der Waals surface area contributed by atoms with Crippen LogP contribution in [0.3, 0.4) is 0 Å².